The Hall–Kier alpha value is -0.840. The minimum Gasteiger partial charge on any atom is -0.493 e. The van der Waals surface area contributed by atoms with E-state index >= 15 is 0 Å². The molecule has 2 heterocycles. The molecule has 0 bridgehead atoms. The van der Waals surface area contributed by atoms with Crippen LogP contribution in [0.15, 0.2) is 34.1 Å². The lowest BCUT2D eigenvalue weighted by atomic mass is 9.85. The normalized spacial score (nSPS) is 19.6. The molecule has 0 amide bonds. The Kier molecular flexibility index (Phi) is 3.65. The van der Waals surface area contributed by atoms with Crippen molar-refractivity contribution in [3.63, 3.8) is 0 Å². The van der Waals surface area contributed by atoms with Crippen molar-refractivity contribution in [1.82, 2.24) is 0 Å². The van der Waals surface area contributed by atoms with Gasteiger partial charge in [-0.3, -0.25) is 0 Å². The van der Waals surface area contributed by atoms with Crippen LogP contribution in [-0.2, 0) is 0 Å². The van der Waals surface area contributed by atoms with Gasteiger partial charge in [0.25, 0.3) is 0 Å². The van der Waals surface area contributed by atoms with Gasteiger partial charge in [0.05, 0.1) is 16.5 Å². The first-order valence-corrected chi connectivity index (χ1v) is 7.93. The summed E-state index contributed by atoms with van der Waals surface area (Å²) in [5.74, 6) is 1.02. The molecule has 0 fully saturated rings. The van der Waals surface area contributed by atoms with Gasteiger partial charge in [-0.2, -0.15) is 0 Å². The van der Waals surface area contributed by atoms with Crippen LogP contribution < -0.4 is 4.74 Å². The molecule has 1 aromatic carbocycles. The van der Waals surface area contributed by atoms with E-state index in [2.05, 4.69) is 28.9 Å². The molecule has 1 N–H and O–H groups in total. The fourth-order valence-electron chi connectivity index (χ4n) is 2.67. The van der Waals surface area contributed by atoms with Crippen molar-refractivity contribution in [1.29, 1.82) is 0 Å². The molecule has 0 saturated carbocycles. The predicted octanol–water partition coefficient (Wildman–Crippen LogP) is 4.42. The third-order valence-electron chi connectivity index (χ3n) is 3.63. The van der Waals surface area contributed by atoms with E-state index < -0.39 is 6.10 Å². The minimum absolute atomic E-state index is 0.116. The number of fused-ring (bicyclic) bond motifs is 1. The van der Waals surface area contributed by atoms with Crippen LogP contribution in [-0.4, -0.2) is 11.7 Å². The van der Waals surface area contributed by atoms with Crippen LogP contribution in [0.5, 0.6) is 5.75 Å². The molecule has 1 aromatic heterocycles. The fraction of sp³-hybridized carbons (Fsp3) is 0.333. The van der Waals surface area contributed by atoms with Crippen molar-refractivity contribution in [3.05, 3.63) is 50.1 Å². The number of aryl methyl sites for hydroxylation is 1. The highest BCUT2D eigenvalue weighted by molar-refractivity contribution is 9.11. The maximum atomic E-state index is 10.7. The van der Waals surface area contributed by atoms with Gasteiger partial charge < -0.3 is 9.84 Å². The number of aliphatic hydroxyl groups excluding tert-OH is 1. The van der Waals surface area contributed by atoms with Gasteiger partial charge in [0.1, 0.15) is 5.75 Å². The summed E-state index contributed by atoms with van der Waals surface area (Å²) in [6.45, 7) is 2.72. The van der Waals surface area contributed by atoms with E-state index in [4.69, 9.17) is 4.74 Å². The van der Waals surface area contributed by atoms with Gasteiger partial charge in [0.2, 0.25) is 0 Å². The van der Waals surface area contributed by atoms with Crippen molar-refractivity contribution in [3.8, 4) is 5.75 Å². The number of aliphatic hydroxyl groups is 1. The van der Waals surface area contributed by atoms with Crippen molar-refractivity contribution in [2.45, 2.75) is 25.4 Å². The topological polar surface area (TPSA) is 29.5 Å². The van der Waals surface area contributed by atoms with Crippen LogP contribution in [0.25, 0.3) is 0 Å². The molecule has 3 rings (SSSR count). The zero-order valence-electron chi connectivity index (χ0n) is 10.6. The summed E-state index contributed by atoms with van der Waals surface area (Å²) < 4.78 is 6.73. The van der Waals surface area contributed by atoms with E-state index in [0.29, 0.717) is 6.61 Å². The van der Waals surface area contributed by atoms with Gasteiger partial charge in [-0.15, -0.1) is 11.3 Å². The fourth-order valence-corrected chi connectivity index (χ4v) is 4.42. The molecule has 2 nitrogen and oxygen atoms in total. The Balaban J connectivity index is 1.97. The standard InChI is InChI=1S/C15H15BrO2S/c1-9-12(8-14(16)19-9)15(17)11-6-7-18-13-5-3-2-4-10(11)13/h2-5,8,11,15,17H,6-7H2,1H3. The predicted molar refractivity (Wildman–Crippen MR) is 81.0 cm³/mol. The van der Waals surface area contributed by atoms with Gasteiger partial charge in [-0.25, -0.2) is 0 Å². The van der Waals surface area contributed by atoms with Gasteiger partial charge in [-0.1, -0.05) is 18.2 Å². The number of hydrogen-bond donors (Lipinski definition) is 1. The Labute approximate surface area is 125 Å². The van der Waals surface area contributed by atoms with Crippen LogP contribution in [0.4, 0.5) is 0 Å². The summed E-state index contributed by atoms with van der Waals surface area (Å²) in [4.78, 5) is 1.17. The third-order valence-corrected chi connectivity index (χ3v) is 5.20. The molecule has 1 aliphatic rings. The van der Waals surface area contributed by atoms with Crippen molar-refractivity contribution in [2.24, 2.45) is 0 Å². The molecule has 4 heteroatoms. The lowest BCUT2D eigenvalue weighted by Gasteiger charge is -2.29. The molecule has 0 radical (unpaired) electrons. The van der Waals surface area contributed by atoms with Crippen LogP contribution in [0.3, 0.4) is 0 Å². The highest BCUT2D eigenvalue weighted by atomic mass is 79.9. The highest BCUT2D eigenvalue weighted by Gasteiger charge is 2.30. The smallest absolute Gasteiger partial charge is 0.122 e. The number of rotatable bonds is 2. The van der Waals surface area contributed by atoms with Crippen molar-refractivity contribution in [2.75, 3.05) is 6.61 Å². The van der Waals surface area contributed by atoms with E-state index in [1.807, 2.05) is 24.3 Å². The van der Waals surface area contributed by atoms with Gasteiger partial charge in [0.15, 0.2) is 0 Å². The molecule has 2 unspecified atom stereocenters. The van der Waals surface area contributed by atoms with Crippen LogP contribution in [0.2, 0.25) is 0 Å². The number of halogens is 1. The number of hydrogen-bond acceptors (Lipinski definition) is 3. The van der Waals surface area contributed by atoms with E-state index in [0.717, 1.165) is 27.1 Å². The third kappa shape index (κ3) is 2.45. The SMILES string of the molecule is Cc1sc(Br)cc1C(O)C1CCOc2ccccc21. The summed E-state index contributed by atoms with van der Waals surface area (Å²) in [5.41, 5.74) is 2.14. The highest BCUT2D eigenvalue weighted by Crippen LogP contribution is 2.43. The maximum Gasteiger partial charge on any atom is 0.122 e. The molecular formula is C15H15BrO2S. The molecule has 19 heavy (non-hydrogen) atoms. The van der Waals surface area contributed by atoms with Crippen LogP contribution in [0.1, 0.15) is 34.4 Å². The van der Waals surface area contributed by atoms with Crippen LogP contribution >= 0.6 is 27.3 Å². The Morgan fingerprint density at radius 1 is 1.42 bits per heavy atom. The molecule has 0 spiro atoms. The first-order chi connectivity index (χ1) is 9.16. The van der Waals surface area contributed by atoms with E-state index in [1.54, 1.807) is 11.3 Å². The second kappa shape index (κ2) is 5.27. The van der Waals surface area contributed by atoms with Crippen molar-refractivity contribution >= 4 is 27.3 Å². The largest absolute Gasteiger partial charge is 0.493 e. The van der Waals surface area contributed by atoms with E-state index in [1.165, 1.54) is 4.88 Å². The molecule has 100 valence electrons. The van der Waals surface area contributed by atoms with E-state index in [-0.39, 0.29) is 5.92 Å². The Bertz CT molecular complexity index is 594. The molecule has 1 aliphatic heterocycles. The maximum absolute atomic E-state index is 10.7. The Morgan fingerprint density at radius 2 is 2.21 bits per heavy atom. The monoisotopic (exact) mass is 338 g/mol. The Morgan fingerprint density at radius 3 is 2.95 bits per heavy atom. The number of thiophene rings is 1. The summed E-state index contributed by atoms with van der Waals surface area (Å²) in [7, 11) is 0. The molecule has 2 atom stereocenters. The van der Waals surface area contributed by atoms with Gasteiger partial charge in [0, 0.05) is 16.4 Å². The summed E-state index contributed by atoms with van der Waals surface area (Å²) in [5, 5.41) is 10.7. The van der Waals surface area contributed by atoms with Crippen LogP contribution in [0, 0.1) is 6.92 Å². The lowest BCUT2D eigenvalue weighted by molar-refractivity contribution is 0.117. The van der Waals surface area contributed by atoms with Gasteiger partial charge >= 0.3 is 0 Å². The first kappa shape index (κ1) is 13.2. The zero-order valence-corrected chi connectivity index (χ0v) is 13.0. The average molecular weight is 339 g/mol. The van der Waals surface area contributed by atoms with Crippen molar-refractivity contribution < 1.29 is 9.84 Å². The number of ether oxygens (including phenoxy) is 1. The number of benzene rings is 1. The molecular weight excluding hydrogens is 324 g/mol. The summed E-state index contributed by atoms with van der Waals surface area (Å²) in [6, 6.07) is 10.0. The number of para-hydroxylation sites is 1. The molecule has 0 saturated heterocycles. The second-order valence-corrected chi connectivity index (χ2v) is 7.42. The summed E-state index contributed by atoms with van der Waals surface area (Å²) >= 11 is 5.16. The minimum atomic E-state index is -0.465. The average Bonchev–Trinajstić information content (AvgIpc) is 2.76. The first-order valence-electron chi connectivity index (χ1n) is 6.32. The summed E-state index contributed by atoms with van der Waals surface area (Å²) in [6.07, 6.45) is 0.387. The quantitative estimate of drug-likeness (QED) is 0.878. The molecule has 2 aromatic rings. The second-order valence-electron chi connectivity index (χ2n) is 4.79. The lowest BCUT2D eigenvalue weighted by Crippen LogP contribution is -2.20. The van der Waals surface area contributed by atoms with E-state index in [9.17, 15) is 5.11 Å². The molecule has 0 aliphatic carbocycles. The zero-order chi connectivity index (χ0) is 13.4. The van der Waals surface area contributed by atoms with Gasteiger partial charge in [-0.05, 0) is 47.0 Å².